The van der Waals surface area contributed by atoms with Crippen LogP contribution < -0.4 is 0 Å². The average molecular weight is 1000 g/mol. The van der Waals surface area contributed by atoms with Gasteiger partial charge in [0, 0.05) is 19.3 Å². The molecule has 0 saturated heterocycles. The molecule has 418 valence electrons. The van der Waals surface area contributed by atoms with E-state index < -0.39 is 6.10 Å². The van der Waals surface area contributed by atoms with Crippen LogP contribution in [-0.4, -0.2) is 37.2 Å². The Morgan fingerprint density at radius 2 is 0.465 bits per heavy atom. The Labute approximate surface area is 443 Å². The van der Waals surface area contributed by atoms with E-state index in [0.717, 1.165) is 70.6 Å². The lowest BCUT2D eigenvalue weighted by atomic mass is 10.0. The molecule has 0 aliphatic rings. The topological polar surface area (TPSA) is 78.9 Å². The number of carbonyl (C=O) groups excluding carboxylic acids is 3. The van der Waals surface area contributed by atoms with Gasteiger partial charge in [0.1, 0.15) is 13.2 Å². The molecule has 0 amide bonds. The predicted molar refractivity (Wildman–Crippen MR) is 307 cm³/mol. The summed E-state index contributed by atoms with van der Waals surface area (Å²) in [6.07, 6.45) is 72.0. The van der Waals surface area contributed by atoms with Crippen LogP contribution in [0.4, 0.5) is 0 Å². The minimum atomic E-state index is -0.775. The third kappa shape index (κ3) is 58.7. The Morgan fingerprint density at radius 1 is 0.268 bits per heavy atom. The lowest BCUT2D eigenvalue weighted by Gasteiger charge is -2.18. The average Bonchev–Trinajstić information content (AvgIpc) is 3.37. The van der Waals surface area contributed by atoms with E-state index >= 15 is 0 Å². The monoisotopic (exact) mass is 999 g/mol. The maximum atomic E-state index is 12.8. The summed E-state index contributed by atoms with van der Waals surface area (Å²) in [4.78, 5) is 38.2. The molecule has 1 atom stereocenters. The molecular weight excluding hydrogens is 877 g/mol. The standard InChI is InChI=1S/C65H122O6/c1-4-7-10-13-16-19-22-25-26-27-28-29-30-31-32-33-34-35-36-37-38-41-43-46-49-52-55-58-64(67)70-61-62(71-65(68)59-56-53-50-47-44-40-24-21-18-15-12-9-6-3)60-69-63(66)57-54-51-48-45-42-39-23-20-17-14-11-8-5-2/h20-21,23-24,62H,4-19,22,25-61H2,1-3H3/b23-20-,24-21-. The van der Waals surface area contributed by atoms with E-state index in [0.29, 0.717) is 19.3 Å². The molecule has 0 radical (unpaired) electrons. The van der Waals surface area contributed by atoms with Crippen molar-refractivity contribution in [2.45, 2.75) is 361 Å². The summed E-state index contributed by atoms with van der Waals surface area (Å²) in [5.74, 6) is -0.869. The fourth-order valence-electron chi connectivity index (χ4n) is 9.61. The van der Waals surface area contributed by atoms with Crippen LogP contribution in [0.5, 0.6) is 0 Å². The molecule has 0 aromatic heterocycles. The van der Waals surface area contributed by atoms with Crippen molar-refractivity contribution < 1.29 is 28.6 Å². The van der Waals surface area contributed by atoms with Gasteiger partial charge in [-0.1, -0.05) is 289 Å². The summed E-state index contributed by atoms with van der Waals surface area (Å²) in [5, 5.41) is 0. The minimum Gasteiger partial charge on any atom is -0.462 e. The second-order valence-electron chi connectivity index (χ2n) is 21.7. The van der Waals surface area contributed by atoms with Crippen molar-refractivity contribution in [3.05, 3.63) is 24.3 Å². The number of allylic oxidation sites excluding steroid dienone is 4. The molecule has 0 fully saturated rings. The molecule has 0 heterocycles. The van der Waals surface area contributed by atoms with Crippen LogP contribution in [0.3, 0.4) is 0 Å². The normalized spacial score (nSPS) is 12.1. The first-order chi connectivity index (χ1) is 35.0. The van der Waals surface area contributed by atoms with Gasteiger partial charge in [-0.15, -0.1) is 0 Å². The van der Waals surface area contributed by atoms with Crippen molar-refractivity contribution in [2.24, 2.45) is 0 Å². The van der Waals surface area contributed by atoms with Gasteiger partial charge < -0.3 is 14.2 Å². The van der Waals surface area contributed by atoms with E-state index in [2.05, 4.69) is 45.1 Å². The summed E-state index contributed by atoms with van der Waals surface area (Å²) in [5.41, 5.74) is 0. The zero-order valence-electron chi connectivity index (χ0n) is 48.0. The number of hydrogen-bond acceptors (Lipinski definition) is 6. The Kier molecular flexibility index (Phi) is 58.6. The zero-order chi connectivity index (χ0) is 51.4. The zero-order valence-corrected chi connectivity index (χ0v) is 48.0. The van der Waals surface area contributed by atoms with Crippen molar-refractivity contribution >= 4 is 17.9 Å². The van der Waals surface area contributed by atoms with Crippen LogP contribution in [0.25, 0.3) is 0 Å². The Hall–Kier alpha value is -2.11. The largest absolute Gasteiger partial charge is 0.462 e. The fraction of sp³-hybridized carbons (Fsp3) is 0.892. The highest BCUT2D eigenvalue weighted by Crippen LogP contribution is 2.18. The number of hydrogen-bond donors (Lipinski definition) is 0. The van der Waals surface area contributed by atoms with Crippen LogP contribution in [-0.2, 0) is 28.6 Å². The summed E-state index contributed by atoms with van der Waals surface area (Å²) in [6, 6.07) is 0. The van der Waals surface area contributed by atoms with Gasteiger partial charge in [0.15, 0.2) is 6.10 Å². The summed E-state index contributed by atoms with van der Waals surface area (Å²) >= 11 is 0. The maximum absolute atomic E-state index is 12.8. The molecule has 0 spiro atoms. The number of ether oxygens (including phenoxy) is 3. The van der Waals surface area contributed by atoms with Crippen LogP contribution in [0, 0.1) is 0 Å². The van der Waals surface area contributed by atoms with Gasteiger partial charge in [0.25, 0.3) is 0 Å². The Bertz CT molecular complexity index is 1150. The van der Waals surface area contributed by atoms with Crippen molar-refractivity contribution in [1.82, 2.24) is 0 Å². The molecule has 0 bridgehead atoms. The summed E-state index contributed by atoms with van der Waals surface area (Å²) < 4.78 is 16.9. The Morgan fingerprint density at radius 3 is 0.718 bits per heavy atom. The van der Waals surface area contributed by atoms with Crippen molar-refractivity contribution in [1.29, 1.82) is 0 Å². The van der Waals surface area contributed by atoms with E-state index in [4.69, 9.17) is 14.2 Å². The highest BCUT2D eigenvalue weighted by Gasteiger charge is 2.19. The van der Waals surface area contributed by atoms with Crippen LogP contribution in [0.15, 0.2) is 24.3 Å². The molecular formula is C65H122O6. The first-order valence-electron chi connectivity index (χ1n) is 31.8. The first-order valence-corrected chi connectivity index (χ1v) is 31.8. The Balaban J connectivity index is 4.15. The molecule has 1 unspecified atom stereocenters. The highest BCUT2D eigenvalue weighted by molar-refractivity contribution is 5.71. The number of rotatable bonds is 59. The molecule has 71 heavy (non-hydrogen) atoms. The van der Waals surface area contributed by atoms with Crippen molar-refractivity contribution in [3.63, 3.8) is 0 Å². The van der Waals surface area contributed by atoms with Crippen molar-refractivity contribution in [3.8, 4) is 0 Å². The maximum Gasteiger partial charge on any atom is 0.306 e. The van der Waals surface area contributed by atoms with Gasteiger partial charge in [-0.05, 0) is 70.6 Å². The molecule has 0 aromatic rings. The second kappa shape index (κ2) is 60.4. The van der Waals surface area contributed by atoms with E-state index in [-0.39, 0.29) is 31.1 Å². The fourth-order valence-corrected chi connectivity index (χ4v) is 9.61. The second-order valence-corrected chi connectivity index (χ2v) is 21.7. The quantitative estimate of drug-likeness (QED) is 0.0261. The number of esters is 3. The first kappa shape index (κ1) is 68.9. The van der Waals surface area contributed by atoms with Crippen LogP contribution in [0.1, 0.15) is 355 Å². The lowest BCUT2D eigenvalue weighted by molar-refractivity contribution is -0.167. The SMILES string of the molecule is CCCCCC/C=C\CCCCCCCC(=O)OCC(COC(=O)CCCCCCCCCCCCCCCCCCCCCCCCCCCCC)OC(=O)CCCCCCC/C=C\CCCCCC. The van der Waals surface area contributed by atoms with Crippen molar-refractivity contribution in [2.75, 3.05) is 13.2 Å². The lowest BCUT2D eigenvalue weighted by Crippen LogP contribution is -2.30. The molecule has 6 heteroatoms. The number of unbranched alkanes of at least 4 members (excludes halogenated alkanes) is 44. The van der Waals surface area contributed by atoms with Gasteiger partial charge in [-0.3, -0.25) is 14.4 Å². The van der Waals surface area contributed by atoms with Gasteiger partial charge in [0.2, 0.25) is 0 Å². The molecule has 0 N–H and O–H groups in total. The van der Waals surface area contributed by atoms with E-state index in [1.807, 2.05) is 0 Å². The van der Waals surface area contributed by atoms with E-state index in [1.165, 1.54) is 244 Å². The van der Waals surface area contributed by atoms with Gasteiger partial charge >= 0.3 is 17.9 Å². The van der Waals surface area contributed by atoms with E-state index in [9.17, 15) is 14.4 Å². The minimum absolute atomic E-state index is 0.0727. The van der Waals surface area contributed by atoms with Crippen LogP contribution in [0.2, 0.25) is 0 Å². The summed E-state index contributed by atoms with van der Waals surface area (Å²) in [7, 11) is 0. The highest BCUT2D eigenvalue weighted by atomic mass is 16.6. The third-order valence-corrected chi connectivity index (χ3v) is 14.4. The predicted octanol–water partition coefficient (Wildman–Crippen LogP) is 21.4. The smallest absolute Gasteiger partial charge is 0.306 e. The van der Waals surface area contributed by atoms with E-state index in [1.54, 1.807) is 0 Å². The molecule has 0 rings (SSSR count). The molecule has 0 saturated carbocycles. The molecule has 0 aliphatic carbocycles. The number of carbonyl (C=O) groups is 3. The van der Waals surface area contributed by atoms with Gasteiger partial charge in [0.05, 0.1) is 0 Å². The molecule has 6 nitrogen and oxygen atoms in total. The molecule has 0 aliphatic heterocycles. The van der Waals surface area contributed by atoms with Gasteiger partial charge in [-0.25, -0.2) is 0 Å². The van der Waals surface area contributed by atoms with Gasteiger partial charge in [-0.2, -0.15) is 0 Å². The third-order valence-electron chi connectivity index (χ3n) is 14.4. The molecule has 0 aromatic carbocycles. The summed E-state index contributed by atoms with van der Waals surface area (Å²) in [6.45, 7) is 6.65. The van der Waals surface area contributed by atoms with Crippen LogP contribution >= 0.6 is 0 Å².